The summed E-state index contributed by atoms with van der Waals surface area (Å²) < 4.78 is 4.93. The summed E-state index contributed by atoms with van der Waals surface area (Å²) in [5, 5.41) is 3.26. The molecule has 3 heteroatoms. The van der Waals surface area contributed by atoms with Crippen LogP contribution in [-0.4, -0.2) is 26.8 Å². The predicted molar refractivity (Wildman–Crippen MR) is 62.8 cm³/mol. The standard InChI is InChI=1S/C11H17NOS/c1-10-5-6-11(14-10)4-3-7-12-8-9-13-2/h3-6,12H,7-9H2,1-2H3. The van der Waals surface area contributed by atoms with E-state index in [1.165, 1.54) is 9.75 Å². The van der Waals surface area contributed by atoms with Gasteiger partial charge in [-0.25, -0.2) is 0 Å². The first-order valence-corrected chi connectivity index (χ1v) is 5.57. The van der Waals surface area contributed by atoms with Gasteiger partial charge in [-0.15, -0.1) is 11.3 Å². The summed E-state index contributed by atoms with van der Waals surface area (Å²) in [7, 11) is 1.71. The lowest BCUT2D eigenvalue weighted by molar-refractivity contribution is 0.200. The molecular formula is C11H17NOS. The van der Waals surface area contributed by atoms with Crippen molar-refractivity contribution in [3.63, 3.8) is 0 Å². The second-order valence-corrected chi connectivity index (χ2v) is 4.37. The molecule has 0 bridgehead atoms. The molecule has 0 aliphatic carbocycles. The molecule has 1 aromatic rings. The van der Waals surface area contributed by atoms with E-state index in [0.717, 1.165) is 19.7 Å². The second-order valence-electron chi connectivity index (χ2n) is 3.05. The second kappa shape index (κ2) is 6.76. The molecule has 0 amide bonds. The van der Waals surface area contributed by atoms with Crippen LogP contribution in [0.3, 0.4) is 0 Å². The summed E-state index contributed by atoms with van der Waals surface area (Å²) in [4.78, 5) is 2.67. The van der Waals surface area contributed by atoms with E-state index in [4.69, 9.17) is 4.74 Å². The molecule has 0 aromatic carbocycles. The highest BCUT2D eigenvalue weighted by molar-refractivity contribution is 7.12. The number of ether oxygens (including phenoxy) is 1. The normalized spacial score (nSPS) is 11.3. The van der Waals surface area contributed by atoms with Crippen molar-refractivity contribution < 1.29 is 4.74 Å². The lowest BCUT2D eigenvalue weighted by atomic mass is 10.4. The van der Waals surface area contributed by atoms with E-state index in [9.17, 15) is 0 Å². The van der Waals surface area contributed by atoms with Crippen LogP contribution in [-0.2, 0) is 4.74 Å². The van der Waals surface area contributed by atoms with E-state index in [1.54, 1.807) is 7.11 Å². The molecule has 14 heavy (non-hydrogen) atoms. The molecule has 0 aliphatic rings. The molecule has 78 valence electrons. The van der Waals surface area contributed by atoms with E-state index in [-0.39, 0.29) is 0 Å². The quantitative estimate of drug-likeness (QED) is 0.729. The van der Waals surface area contributed by atoms with Crippen LogP contribution in [0.25, 0.3) is 6.08 Å². The minimum absolute atomic E-state index is 0.770. The van der Waals surface area contributed by atoms with Crippen LogP contribution in [0, 0.1) is 6.92 Å². The molecule has 0 spiro atoms. The number of aryl methyl sites for hydroxylation is 1. The van der Waals surface area contributed by atoms with Gasteiger partial charge in [0, 0.05) is 30.0 Å². The highest BCUT2D eigenvalue weighted by Gasteiger charge is 1.89. The minimum atomic E-state index is 0.770. The molecule has 1 aromatic heterocycles. The number of hydrogen-bond donors (Lipinski definition) is 1. The molecule has 1 heterocycles. The van der Waals surface area contributed by atoms with Crippen LogP contribution in [0.2, 0.25) is 0 Å². The van der Waals surface area contributed by atoms with E-state index >= 15 is 0 Å². The topological polar surface area (TPSA) is 21.3 Å². The fourth-order valence-electron chi connectivity index (χ4n) is 1.08. The molecule has 1 N–H and O–H groups in total. The maximum absolute atomic E-state index is 4.93. The summed E-state index contributed by atoms with van der Waals surface area (Å²) in [6.07, 6.45) is 4.29. The monoisotopic (exact) mass is 211 g/mol. The van der Waals surface area contributed by atoms with Crippen molar-refractivity contribution in [3.8, 4) is 0 Å². The van der Waals surface area contributed by atoms with Gasteiger partial charge in [-0.3, -0.25) is 0 Å². The minimum Gasteiger partial charge on any atom is -0.383 e. The smallest absolute Gasteiger partial charge is 0.0587 e. The van der Waals surface area contributed by atoms with Crippen molar-refractivity contribution >= 4 is 17.4 Å². The lowest BCUT2D eigenvalue weighted by Gasteiger charge is -1.98. The Hall–Kier alpha value is -0.640. The van der Waals surface area contributed by atoms with Crippen LogP contribution in [0.5, 0.6) is 0 Å². The van der Waals surface area contributed by atoms with Crippen molar-refractivity contribution in [2.75, 3.05) is 26.8 Å². The average molecular weight is 211 g/mol. The summed E-state index contributed by atoms with van der Waals surface area (Å²) >= 11 is 1.82. The fraction of sp³-hybridized carbons (Fsp3) is 0.455. The number of hydrogen-bond acceptors (Lipinski definition) is 3. The van der Waals surface area contributed by atoms with Gasteiger partial charge in [-0.1, -0.05) is 6.08 Å². The van der Waals surface area contributed by atoms with E-state index in [2.05, 4.69) is 36.5 Å². The summed E-state index contributed by atoms with van der Waals surface area (Å²) in [5.74, 6) is 0. The molecular weight excluding hydrogens is 194 g/mol. The third-order valence-electron chi connectivity index (χ3n) is 1.79. The SMILES string of the molecule is COCCNCC=Cc1ccc(C)s1. The van der Waals surface area contributed by atoms with Gasteiger partial charge in [0.1, 0.15) is 0 Å². The Kier molecular flexibility index (Phi) is 5.52. The Bertz CT molecular complexity index is 281. The van der Waals surface area contributed by atoms with Gasteiger partial charge >= 0.3 is 0 Å². The van der Waals surface area contributed by atoms with Gasteiger partial charge in [0.2, 0.25) is 0 Å². The van der Waals surface area contributed by atoms with Gasteiger partial charge in [-0.2, -0.15) is 0 Å². The molecule has 0 fully saturated rings. The zero-order valence-corrected chi connectivity index (χ0v) is 9.56. The van der Waals surface area contributed by atoms with E-state index < -0.39 is 0 Å². The highest BCUT2D eigenvalue weighted by atomic mass is 32.1. The zero-order chi connectivity index (χ0) is 10.2. The maximum Gasteiger partial charge on any atom is 0.0587 e. The Labute approximate surface area is 89.6 Å². The van der Waals surface area contributed by atoms with Gasteiger partial charge in [0.15, 0.2) is 0 Å². The number of nitrogens with one attached hydrogen (secondary N) is 1. The van der Waals surface area contributed by atoms with Crippen LogP contribution < -0.4 is 5.32 Å². The predicted octanol–water partition coefficient (Wildman–Crippen LogP) is 2.31. The molecule has 0 saturated carbocycles. The van der Waals surface area contributed by atoms with Crippen molar-refractivity contribution in [2.45, 2.75) is 6.92 Å². The van der Waals surface area contributed by atoms with Crippen molar-refractivity contribution in [1.29, 1.82) is 0 Å². The molecule has 0 unspecified atom stereocenters. The van der Waals surface area contributed by atoms with Gasteiger partial charge in [-0.05, 0) is 25.1 Å². The fourth-order valence-corrected chi connectivity index (χ4v) is 1.89. The van der Waals surface area contributed by atoms with E-state index in [1.807, 2.05) is 11.3 Å². The molecule has 2 nitrogen and oxygen atoms in total. The Morgan fingerprint density at radius 1 is 1.50 bits per heavy atom. The summed E-state index contributed by atoms with van der Waals surface area (Å²) in [6, 6.07) is 4.29. The van der Waals surface area contributed by atoms with Gasteiger partial charge in [0.05, 0.1) is 6.61 Å². The van der Waals surface area contributed by atoms with E-state index in [0.29, 0.717) is 0 Å². The zero-order valence-electron chi connectivity index (χ0n) is 8.75. The number of rotatable bonds is 6. The maximum atomic E-state index is 4.93. The van der Waals surface area contributed by atoms with Crippen molar-refractivity contribution in [2.24, 2.45) is 0 Å². The molecule has 0 saturated heterocycles. The lowest BCUT2D eigenvalue weighted by Crippen LogP contribution is -2.18. The first kappa shape index (κ1) is 11.4. The summed E-state index contributed by atoms with van der Waals surface area (Å²) in [5.41, 5.74) is 0. The molecule has 1 rings (SSSR count). The third kappa shape index (κ3) is 4.56. The average Bonchev–Trinajstić information content (AvgIpc) is 2.58. The Morgan fingerprint density at radius 2 is 2.36 bits per heavy atom. The number of thiophene rings is 1. The summed E-state index contributed by atoms with van der Waals surface area (Å²) in [6.45, 7) is 4.70. The third-order valence-corrected chi connectivity index (χ3v) is 2.75. The molecule has 0 atom stereocenters. The first-order chi connectivity index (χ1) is 6.83. The van der Waals surface area contributed by atoms with Crippen LogP contribution in [0.4, 0.5) is 0 Å². The van der Waals surface area contributed by atoms with Crippen LogP contribution in [0.1, 0.15) is 9.75 Å². The highest BCUT2D eigenvalue weighted by Crippen LogP contribution is 2.15. The van der Waals surface area contributed by atoms with Gasteiger partial charge < -0.3 is 10.1 Å². The number of methoxy groups -OCH3 is 1. The van der Waals surface area contributed by atoms with Crippen molar-refractivity contribution in [1.82, 2.24) is 5.32 Å². The molecule has 0 aliphatic heterocycles. The van der Waals surface area contributed by atoms with Crippen molar-refractivity contribution in [3.05, 3.63) is 28.0 Å². The first-order valence-electron chi connectivity index (χ1n) is 4.75. The molecule has 0 radical (unpaired) electrons. The van der Waals surface area contributed by atoms with Crippen LogP contribution in [0.15, 0.2) is 18.2 Å². The Morgan fingerprint density at radius 3 is 3.00 bits per heavy atom. The largest absolute Gasteiger partial charge is 0.383 e. The van der Waals surface area contributed by atoms with Crippen LogP contribution >= 0.6 is 11.3 Å². The van der Waals surface area contributed by atoms with Gasteiger partial charge in [0.25, 0.3) is 0 Å². The Balaban J connectivity index is 2.15.